The van der Waals surface area contributed by atoms with Gasteiger partial charge in [-0.1, -0.05) is 30.3 Å². The molecule has 0 saturated heterocycles. The molecule has 0 atom stereocenters. The fourth-order valence-electron chi connectivity index (χ4n) is 2.15. The Labute approximate surface area is 143 Å². The monoisotopic (exact) mass is 339 g/mol. The van der Waals surface area contributed by atoms with Crippen molar-refractivity contribution in [2.45, 2.75) is 0 Å². The zero-order chi connectivity index (χ0) is 16.9. The predicted octanol–water partition coefficient (Wildman–Crippen LogP) is 4.85. The quantitative estimate of drug-likeness (QED) is 0.492. The number of hydrogen-bond acceptors (Lipinski definition) is 4. The molecule has 0 amide bonds. The van der Waals surface area contributed by atoms with Gasteiger partial charge in [0.15, 0.2) is 5.78 Å². The number of carbonyl (C=O) groups is 1. The van der Waals surface area contributed by atoms with Crippen LogP contribution in [-0.2, 0) is 0 Å². The number of ketones is 1. The van der Waals surface area contributed by atoms with E-state index in [4.69, 9.17) is 4.74 Å². The second-order valence-electron chi connectivity index (χ2n) is 4.99. The Morgan fingerprint density at radius 3 is 2.71 bits per heavy atom. The standard InChI is InChI=1S/C19H14FNO2S/c1-23-15-8-9-16(17(20)11-15)18(22)10-7-14-12-24-19(21-14)13-5-3-2-4-6-13/h2-12H,1H3/b10-7+. The van der Waals surface area contributed by atoms with E-state index >= 15 is 0 Å². The normalized spacial score (nSPS) is 10.9. The molecule has 1 heterocycles. The molecule has 2 aromatic carbocycles. The van der Waals surface area contributed by atoms with Crippen LogP contribution in [0.3, 0.4) is 0 Å². The molecule has 5 heteroatoms. The summed E-state index contributed by atoms with van der Waals surface area (Å²) in [4.78, 5) is 16.6. The Morgan fingerprint density at radius 2 is 2.00 bits per heavy atom. The van der Waals surface area contributed by atoms with Gasteiger partial charge in [0, 0.05) is 17.0 Å². The molecule has 3 rings (SSSR count). The molecule has 0 aliphatic heterocycles. The Bertz CT molecular complexity index is 887. The first-order chi connectivity index (χ1) is 11.7. The molecule has 0 unspecified atom stereocenters. The molecule has 3 nitrogen and oxygen atoms in total. The van der Waals surface area contributed by atoms with E-state index < -0.39 is 11.6 Å². The molecule has 0 radical (unpaired) electrons. The Balaban J connectivity index is 1.76. The maximum Gasteiger partial charge on any atom is 0.188 e. The van der Waals surface area contributed by atoms with Gasteiger partial charge >= 0.3 is 0 Å². The lowest BCUT2D eigenvalue weighted by molar-refractivity contribution is 0.104. The summed E-state index contributed by atoms with van der Waals surface area (Å²) >= 11 is 1.49. The molecule has 24 heavy (non-hydrogen) atoms. The minimum atomic E-state index is -0.604. The molecular weight excluding hydrogens is 325 g/mol. The average molecular weight is 339 g/mol. The minimum absolute atomic E-state index is 0.00515. The van der Waals surface area contributed by atoms with Gasteiger partial charge in [-0.2, -0.15) is 0 Å². The first kappa shape index (κ1) is 16.1. The number of benzene rings is 2. The molecule has 0 spiro atoms. The van der Waals surface area contributed by atoms with Crippen molar-refractivity contribution in [1.29, 1.82) is 0 Å². The van der Waals surface area contributed by atoms with Crippen molar-refractivity contribution in [3.05, 3.63) is 77.1 Å². The van der Waals surface area contributed by atoms with Crippen molar-refractivity contribution in [2.75, 3.05) is 7.11 Å². The van der Waals surface area contributed by atoms with Gasteiger partial charge in [-0.05, 0) is 24.3 Å². The molecule has 3 aromatic rings. The second-order valence-corrected chi connectivity index (χ2v) is 5.85. The number of aromatic nitrogens is 1. The van der Waals surface area contributed by atoms with Gasteiger partial charge in [-0.3, -0.25) is 4.79 Å². The number of nitrogens with zero attached hydrogens (tertiary/aromatic N) is 1. The van der Waals surface area contributed by atoms with E-state index in [9.17, 15) is 9.18 Å². The molecular formula is C19H14FNO2S. The molecule has 0 aliphatic carbocycles. The highest BCUT2D eigenvalue weighted by atomic mass is 32.1. The van der Waals surface area contributed by atoms with Crippen LogP contribution in [0, 0.1) is 5.82 Å². The Hall–Kier alpha value is -2.79. The van der Waals surface area contributed by atoms with E-state index in [2.05, 4.69) is 4.98 Å². The third kappa shape index (κ3) is 3.58. The number of methoxy groups -OCH3 is 1. The highest BCUT2D eigenvalue weighted by Crippen LogP contribution is 2.24. The molecule has 0 fully saturated rings. The van der Waals surface area contributed by atoms with Crippen molar-refractivity contribution in [3.8, 4) is 16.3 Å². The van der Waals surface area contributed by atoms with Crippen molar-refractivity contribution in [3.63, 3.8) is 0 Å². The number of rotatable bonds is 5. The van der Waals surface area contributed by atoms with Crippen molar-refractivity contribution < 1.29 is 13.9 Å². The summed E-state index contributed by atoms with van der Waals surface area (Å²) in [5, 5.41) is 2.73. The maximum atomic E-state index is 13.9. The first-order valence-corrected chi connectivity index (χ1v) is 8.12. The molecule has 1 aromatic heterocycles. The Kier molecular flexibility index (Phi) is 4.82. The van der Waals surface area contributed by atoms with Crippen molar-refractivity contribution in [2.24, 2.45) is 0 Å². The highest BCUT2D eigenvalue weighted by Gasteiger charge is 2.10. The smallest absolute Gasteiger partial charge is 0.188 e. The van der Waals surface area contributed by atoms with Crippen LogP contribution in [0.15, 0.2) is 60.0 Å². The number of carbonyl (C=O) groups excluding carboxylic acids is 1. The van der Waals surface area contributed by atoms with Crippen molar-refractivity contribution >= 4 is 23.2 Å². The van der Waals surface area contributed by atoms with Crippen LogP contribution < -0.4 is 4.74 Å². The predicted molar refractivity (Wildman–Crippen MR) is 93.9 cm³/mol. The number of thiazole rings is 1. The second kappa shape index (κ2) is 7.19. The van der Waals surface area contributed by atoms with Crippen LogP contribution in [-0.4, -0.2) is 17.9 Å². The van der Waals surface area contributed by atoms with E-state index in [1.165, 1.54) is 36.7 Å². The van der Waals surface area contributed by atoms with Gasteiger partial charge in [0.2, 0.25) is 0 Å². The lowest BCUT2D eigenvalue weighted by atomic mass is 10.1. The minimum Gasteiger partial charge on any atom is -0.497 e. The van der Waals surface area contributed by atoms with Crippen LogP contribution in [0.1, 0.15) is 16.1 Å². The molecule has 120 valence electrons. The summed E-state index contributed by atoms with van der Waals surface area (Å²) in [6.45, 7) is 0. The summed E-state index contributed by atoms with van der Waals surface area (Å²) < 4.78 is 18.8. The van der Waals surface area contributed by atoms with E-state index in [1.807, 2.05) is 35.7 Å². The zero-order valence-electron chi connectivity index (χ0n) is 12.9. The fraction of sp³-hybridized carbons (Fsp3) is 0.0526. The number of allylic oxidation sites excluding steroid dienone is 1. The van der Waals surface area contributed by atoms with Gasteiger partial charge in [-0.15, -0.1) is 11.3 Å². The van der Waals surface area contributed by atoms with Gasteiger partial charge in [-0.25, -0.2) is 9.37 Å². The van der Waals surface area contributed by atoms with E-state index in [0.717, 1.165) is 10.6 Å². The van der Waals surface area contributed by atoms with Gasteiger partial charge in [0.05, 0.1) is 18.4 Å². The summed E-state index contributed by atoms with van der Waals surface area (Å²) in [6, 6.07) is 14.0. The van der Waals surface area contributed by atoms with Crippen LogP contribution >= 0.6 is 11.3 Å². The molecule has 0 N–H and O–H groups in total. The third-order valence-corrected chi connectivity index (χ3v) is 4.30. The lowest BCUT2D eigenvalue weighted by Gasteiger charge is -2.02. The van der Waals surface area contributed by atoms with E-state index in [-0.39, 0.29) is 5.56 Å². The van der Waals surface area contributed by atoms with Gasteiger partial charge in [0.25, 0.3) is 0 Å². The van der Waals surface area contributed by atoms with Gasteiger partial charge in [0.1, 0.15) is 16.6 Å². The van der Waals surface area contributed by atoms with Crippen LogP contribution in [0.25, 0.3) is 16.6 Å². The topological polar surface area (TPSA) is 39.2 Å². The first-order valence-electron chi connectivity index (χ1n) is 7.24. The summed E-state index contributed by atoms with van der Waals surface area (Å²) in [5.41, 5.74) is 1.70. The van der Waals surface area contributed by atoms with Crippen LogP contribution in [0.5, 0.6) is 5.75 Å². The van der Waals surface area contributed by atoms with E-state index in [1.54, 1.807) is 12.1 Å². The number of halogens is 1. The summed E-state index contributed by atoms with van der Waals surface area (Å²) in [6.07, 6.45) is 2.92. The summed E-state index contributed by atoms with van der Waals surface area (Å²) in [7, 11) is 1.45. The fourth-order valence-corrected chi connectivity index (χ4v) is 2.94. The van der Waals surface area contributed by atoms with Crippen molar-refractivity contribution in [1.82, 2.24) is 4.98 Å². The van der Waals surface area contributed by atoms with E-state index in [0.29, 0.717) is 11.4 Å². The SMILES string of the molecule is COc1ccc(C(=O)/C=C/c2csc(-c3ccccc3)n2)c(F)c1. The average Bonchev–Trinajstić information content (AvgIpc) is 3.09. The van der Waals surface area contributed by atoms with Crippen LogP contribution in [0.4, 0.5) is 4.39 Å². The number of hydrogen-bond donors (Lipinski definition) is 0. The highest BCUT2D eigenvalue weighted by molar-refractivity contribution is 7.13. The van der Waals surface area contributed by atoms with Crippen LogP contribution in [0.2, 0.25) is 0 Å². The maximum absolute atomic E-state index is 13.9. The van der Waals surface area contributed by atoms with Gasteiger partial charge < -0.3 is 4.74 Å². The largest absolute Gasteiger partial charge is 0.497 e. The lowest BCUT2D eigenvalue weighted by Crippen LogP contribution is -1.99. The molecule has 0 saturated carbocycles. The Morgan fingerprint density at radius 1 is 1.21 bits per heavy atom. The summed E-state index contributed by atoms with van der Waals surface area (Å²) in [5.74, 6) is -0.642. The third-order valence-electron chi connectivity index (χ3n) is 3.39. The zero-order valence-corrected chi connectivity index (χ0v) is 13.7. The number of ether oxygens (including phenoxy) is 1. The molecule has 0 bridgehead atoms. The molecule has 0 aliphatic rings.